The molecule has 2 saturated heterocycles. The molecule has 74 heavy (non-hydrogen) atoms. The van der Waals surface area contributed by atoms with Gasteiger partial charge in [0.15, 0.2) is 23.8 Å². The maximum Gasteiger partial charge on any atom is 0.570 e. The third-order valence-electron chi connectivity index (χ3n) is 10.6. The van der Waals surface area contributed by atoms with Crippen LogP contribution in [0.3, 0.4) is 0 Å². The molecule has 2 fully saturated rings. The van der Waals surface area contributed by atoms with Crippen LogP contribution in [0.15, 0.2) is 59.1 Å². The minimum atomic E-state index is -5.11. The Balaban J connectivity index is 1.20. The average Bonchev–Trinajstić information content (AvgIpc) is 4.02. The summed E-state index contributed by atoms with van der Waals surface area (Å²) in [6.07, 6.45) is -7.50. The summed E-state index contributed by atoms with van der Waals surface area (Å²) < 4.78 is 58.1. The highest BCUT2D eigenvalue weighted by molar-refractivity contribution is 8.76. The molecule has 31 nitrogen and oxygen atoms in total. The summed E-state index contributed by atoms with van der Waals surface area (Å²) >= 11 is 0. The number of nitrogens with zero attached hydrogens (tertiary/aromatic N) is 9. The molecular formula is C39H54N13O18P2S2+. The van der Waals surface area contributed by atoms with E-state index in [0.717, 1.165) is 10.9 Å². The number of aliphatic hydroxyl groups is 1. The zero-order chi connectivity index (χ0) is 54.0. The van der Waals surface area contributed by atoms with Crippen LogP contribution in [0.1, 0.15) is 58.1 Å². The van der Waals surface area contributed by atoms with Crippen molar-refractivity contribution >= 4 is 84.2 Å². The highest BCUT2D eigenvalue weighted by Crippen LogP contribution is 2.56. The number of phosphoric acid groups is 1. The van der Waals surface area contributed by atoms with Gasteiger partial charge in [-0.2, -0.15) is 19.3 Å². The van der Waals surface area contributed by atoms with E-state index in [1.165, 1.54) is 44.7 Å². The minimum Gasteiger partial charge on any atom is -0.455 e. The fraction of sp³-hybridized carbons (Fsp3) is 0.538. The normalized spacial score (nSPS) is 21.9. The van der Waals surface area contributed by atoms with Gasteiger partial charge in [-0.05, 0) is 57.0 Å². The molecule has 0 unspecified atom stereocenters. The van der Waals surface area contributed by atoms with Crippen LogP contribution in [0.2, 0.25) is 0 Å². The van der Waals surface area contributed by atoms with Gasteiger partial charge >= 0.3 is 39.8 Å². The number of carbonyl (C=O) groups excluding carboxylic acids is 3. The van der Waals surface area contributed by atoms with Gasteiger partial charge in [0.25, 0.3) is 0 Å². The van der Waals surface area contributed by atoms with Crippen LogP contribution in [0.25, 0.3) is 21.6 Å². The Labute approximate surface area is 428 Å². The number of benzene rings is 1. The van der Waals surface area contributed by atoms with Crippen molar-refractivity contribution in [2.24, 2.45) is 5.11 Å². The van der Waals surface area contributed by atoms with E-state index in [0.29, 0.717) is 5.56 Å². The highest BCUT2D eigenvalue weighted by Gasteiger charge is 2.54. The van der Waals surface area contributed by atoms with Crippen molar-refractivity contribution in [2.45, 2.75) is 107 Å². The molecule has 0 radical (unpaired) electrons. The number of amides is 2. The highest BCUT2D eigenvalue weighted by atomic mass is 33.1. The maximum atomic E-state index is 14.3. The lowest BCUT2D eigenvalue weighted by Gasteiger charge is -2.26. The third-order valence-corrected chi connectivity index (χ3v) is 14.4. The largest absolute Gasteiger partial charge is 0.570 e. The van der Waals surface area contributed by atoms with Crippen LogP contribution in [0.4, 0.5) is 26.9 Å². The fourth-order valence-electron chi connectivity index (χ4n) is 7.37. The number of ether oxygens (including phenoxy) is 5. The van der Waals surface area contributed by atoms with Crippen molar-refractivity contribution in [2.75, 3.05) is 37.5 Å². The Morgan fingerprint density at radius 1 is 1.07 bits per heavy atom. The molecule has 11 N–H and O–H groups in total. The first-order valence-corrected chi connectivity index (χ1v) is 27.7. The van der Waals surface area contributed by atoms with Crippen LogP contribution >= 0.6 is 37.6 Å². The lowest BCUT2D eigenvalue weighted by Crippen LogP contribution is -2.48. The Morgan fingerprint density at radius 2 is 1.82 bits per heavy atom. The third kappa shape index (κ3) is 16.3. The summed E-state index contributed by atoms with van der Waals surface area (Å²) in [4.78, 5) is 113. The van der Waals surface area contributed by atoms with E-state index in [9.17, 15) is 48.4 Å². The summed E-state index contributed by atoms with van der Waals surface area (Å²) in [5.41, 5.74) is 19.5. The van der Waals surface area contributed by atoms with E-state index in [1.54, 1.807) is 51.3 Å². The summed E-state index contributed by atoms with van der Waals surface area (Å²) in [7, 11) is -7.46. The van der Waals surface area contributed by atoms with E-state index in [1.807, 2.05) is 0 Å². The van der Waals surface area contributed by atoms with Crippen molar-refractivity contribution in [3.05, 3.63) is 75.7 Å². The van der Waals surface area contributed by atoms with Crippen molar-refractivity contribution in [1.29, 1.82) is 0 Å². The summed E-state index contributed by atoms with van der Waals surface area (Å²) in [6, 6.07) is 6.32. The number of esters is 1. The van der Waals surface area contributed by atoms with Crippen LogP contribution in [-0.2, 0) is 53.2 Å². The molecule has 2 aliphatic rings. The topological polar surface area (TPSA) is 447 Å². The van der Waals surface area contributed by atoms with Crippen LogP contribution in [0.5, 0.6) is 0 Å². The van der Waals surface area contributed by atoms with Crippen molar-refractivity contribution in [3.8, 4) is 0 Å². The van der Waals surface area contributed by atoms with Crippen molar-refractivity contribution < 1.29 is 80.9 Å². The number of fused-ring (bicyclic) bond motifs is 1. The predicted octanol–water partition coefficient (Wildman–Crippen LogP) is 2.80. The number of azide groups is 1. The first kappa shape index (κ1) is 57.8. The molecule has 2 aliphatic heterocycles. The minimum absolute atomic E-state index is 0.0226. The van der Waals surface area contributed by atoms with Gasteiger partial charge in [-0.15, -0.1) is 4.52 Å². The van der Waals surface area contributed by atoms with Gasteiger partial charge in [-0.1, -0.05) is 51.0 Å². The van der Waals surface area contributed by atoms with E-state index >= 15 is 0 Å². The molecule has 4 aromatic rings. The lowest BCUT2D eigenvalue weighted by molar-refractivity contribution is -0.159. The van der Waals surface area contributed by atoms with E-state index in [-0.39, 0.29) is 60.9 Å². The number of nitrogens with one attached hydrogen (secondary N) is 2. The standard InChI is InChI=1S/C39H53N13O18P2S2/c1-39(2,3)69-38(57)47-23(10-9-21(74-73-4)14-43-37(56)63-15-20-7-5-6-8-22(20)49-50-42)35(54)68-31-26(67-34(30(31)53)52-19-46-29-32(41)44-18-45-33(29)52)17-65-72(61,62)70-24-13-28(51-12-11-27(40)48-36(51)55)66-25(24)16-64-71(58,59)60/h5-8,11-12,18-19,21,23-26,28,30-31,34,53,61-62H,9-10,13-17H2,1-4H3,(H7-,40,41,43,44,45,47,48,55,56,57,58,59,60)/p+1/t21-,23-,24-,25+,26+,28+,30+,31+,34+/m0/s1. The molecule has 0 saturated carbocycles. The van der Waals surface area contributed by atoms with Crippen molar-refractivity contribution in [3.63, 3.8) is 0 Å². The molecule has 3 aromatic heterocycles. The molecular weight excluding hydrogens is 1060 g/mol. The second kappa shape index (κ2) is 25.4. The molecule has 0 spiro atoms. The Morgan fingerprint density at radius 3 is 2.53 bits per heavy atom. The van der Waals surface area contributed by atoms with Crippen molar-refractivity contribution in [1.82, 2.24) is 39.7 Å². The van der Waals surface area contributed by atoms with Gasteiger partial charge < -0.3 is 60.7 Å². The number of alkyl carbamates (subject to hydrolysis) is 2. The van der Waals surface area contributed by atoms with Gasteiger partial charge in [0, 0.05) is 35.0 Å². The number of imidazole rings is 1. The van der Waals surface area contributed by atoms with Gasteiger partial charge in [-0.25, -0.2) is 38.7 Å². The number of anilines is 2. The van der Waals surface area contributed by atoms with Crippen LogP contribution in [-0.4, -0.2) is 145 Å². The number of nitrogens with two attached hydrogens (primary N) is 2. The molecule has 35 heteroatoms. The fourth-order valence-corrected chi connectivity index (χ4v) is 10.7. The molecule has 6 rings (SSSR count). The average molecular weight is 1120 g/mol. The number of phosphoric ester groups is 1. The van der Waals surface area contributed by atoms with Gasteiger partial charge in [0.1, 0.15) is 73.2 Å². The van der Waals surface area contributed by atoms with E-state index in [4.69, 9.17) is 49.7 Å². The second-order valence-corrected chi connectivity index (χ2v) is 22.6. The first-order chi connectivity index (χ1) is 34.9. The molecule has 5 heterocycles. The number of hydrogen-bond donors (Lipinski definition) is 9. The summed E-state index contributed by atoms with van der Waals surface area (Å²) in [5, 5.41) is 20.3. The predicted molar refractivity (Wildman–Crippen MR) is 262 cm³/mol. The maximum absolute atomic E-state index is 14.3. The zero-order valence-electron chi connectivity index (χ0n) is 39.7. The smallest absolute Gasteiger partial charge is 0.455 e. The first-order valence-electron chi connectivity index (χ1n) is 22.0. The Kier molecular flexibility index (Phi) is 19.8. The van der Waals surface area contributed by atoms with Gasteiger partial charge in [0.05, 0.1) is 12.9 Å². The number of nitrogen functional groups attached to an aromatic ring is 2. The number of carbonyl (C=O) groups is 3. The van der Waals surface area contributed by atoms with Crippen LogP contribution in [0, 0.1) is 0 Å². The number of aliphatic hydroxyl groups excluding tert-OH is 1. The number of aromatic nitrogens is 6. The molecule has 9 atom stereocenters. The molecule has 404 valence electrons. The lowest BCUT2D eigenvalue weighted by atomic mass is 10.1. The second-order valence-electron chi connectivity index (χ2n) is 17.1. The van der Waals surface area contributed by atoms with Gasteiger partial charge in [-0.3, -0.25) is 13.7 Å². The molecule has 2 amide bonds. The Hall–Kier alpha value is -5.47. The van der Waals surface area contributed by atoms with Crippen LogP contribution < -0.4 is 27.8 Å². The van der Waals surface area contributed by atoms with E-state index < -0.39 is 113 Å². The Bertz CT molecular complexity index is 2760. The van der Waals surface area contributed by atoms with E-state index in [2.05, 4.69) is 45.1 Å². The quantitative estimate of drug-likeness (QED) is 0.00980. The SMILES string of the molecule is CSS[C@@H](CC[C@H](NC(=O)OC(C)(C)C)C(=O)O[C@H]1[C@@H](O)[C@H](n2cnc3c(N)ncnc32)O[C@@H]1CO[P+](O)(O)O[C@H]1C[C@H](n2ccc(N)nc2=O)O[C@@H]1COP(=O)(O)O)CNC(=O)OCc1ccccc1N=[N+]=[N-]. The summed E-state index contributed by atoms with van der Waals surface area (Å²) in [6.45, 7) is 2.86. The zero-order valence-corrected chi connectivity index (χ0v) is 43.1. The number of hydrogen-bond acceptors (Lipinski definition) is 25. The molecule has 0 bridgehead atoms. The van der Waals surface area contributed by atoms with Gasteiger partial charge in [0.2, 0.25) is 0 Å². The molecule has 0 aliphatic carbocycles. The summed E-state index contributed by atoms with van der Waals surface area (Å²) in [5.74, 6) is -1.25. The number of rotatable bonds is 23. The molecule has 1 aromatic carbocycles. The monoisotopic (exact) mass is 1120 g/mol.